The molecule has 0 aliphatic carbocycles. The Labute approximate surface area is 172 Å². The van der Waals surface area contributed by atoms with Gasteiger partial charge in [-0.3, -0.25) is 4.79 Å². The van der Waals surface area contributed by atoms with Gasteiger partial charge in [0.1, 0.15) is 17.9 Å². The van der Waals surface area contributed by atoms with Crippen molar-refractivity contribution < 1.29 is 9.53 Å². The molecule has 9 nitrogen and oxygen atoms in total. The predicted molar refractivity (Wildman–Crippen MR) is 110 cm³/mol. The highest BCUT2D eigenvalue weighted by molar-refractivity contribution is 5.95. The van der Waals surface area contributed by atoms with Crippen molar-refractivity contribution in [2.24, 2.45) is 0 Å². The fraction of sp³-hybridized carbons (Fsp3) is 0.286. The van der Waals surface area contributed by atoms with Gasteiger partial charge in [-0.25, -0.2) is 0 Å². The molecule has 1 N–H and O–H groups in total. The van der Waals surface area contributed by atoms with Crippen molar-refractivity contribution in [1.82, 2.24) is 29.6 Å². The number of amides is 1. The summed E-state index contributed by atoms with van der Waals surface area (Å²) in [7, 11) is 0. The quantitative estimate of drug-likeness (QED) is 0.562. The van der Waals surface area contributed by atoms with Gasteiger partial charge in [-0.05, 0) is 50.6 Å². The molecule has 0 unspecified atom stereocenters. The highest BCUT2D eigenvalue weighted by atomic mass is 16.5. The van der Waals surface area contributed by atoms with E-state index in [2.05, 4.69) is 25.7 Å². The summed E-state index contributed by atoms with van der Waals surface area (Å²) in [5.41, 5.74) is 3.54. The Bertz CT molecular complexity index is 1240. The first-order chi connectivity index (χ1) is 14.5. The van der Waals surface area contributed by atoms with Gasteiger partial charge in [-0.2, -0.15) is 14.3 Å². The molecule has 0 saturated heterocycles. The minimum Gasteiger partial charge on any atom is -0.491 e. The first-order valence-corrected chi connectivity index (χ1v) is 9.83. The number of rotatable bonds is 4. The van der Waals surface area contributed by atoms with Crippen molar-refractivity contribution >= 4 is 17.4 Å². The van der Waals surface area contributed by atoms with E-state index in [4.69, 9.17) is 4.74 Å². The molecule has 1 aliphatic rings. The number of aryl methyl sites for hydroxylation is 1. The molecule has 4 aromatic rings. The van der Waals surface area contributed by atoms with Crippen molar-refractivity contribution in [2.45, 2.75) is 39.2 Å². The number of nitrogens with zero attached hydrogens (tertiary/aromatic N) is 6. The first-order valence-electron chi connectivity index (χ1n) is 9.83. The second-order valence-corrected chi connectivity index (χ2v) is 7.63. The summed E-state index contributed by atoms with van der Waals surface area (Å²) in [6.07, 6.45) is 2.00. The number of fused-ring (bicyclic) bond motifs is 2. The molecule has 1 atom stereocenters. The second-order valence-electron chi connectivity index (χ2n) is 7.63. The third kappa shape index (κ3) is 3.08. The molecule has 152 valence electrons. The second kappa shape index (κ2) is 6.94. The van der Waals surface area contributed by atoms with Crippen LogP contribution in [0, 0.1) is 6.92 Å². The van der Waals surface area contributed by atoms with E-state index in [1.54, 1.807) is 9.20 Å². The third-order valence-electron chi connectivity index (χ3n) is 5.12. The van der Waals surface area contributed by atoms with Crippen molar-refractivity contribution in [3.05, 3.63) is 59.5 Å². The van der Waals surface area contributed by atoms with Crippen LogP contribution in [0.15, 0.2) is 42.7 Å². The molecule has 3 aromatic heterocycles. The third-order valence-corrected chi connectivity index (χ3v) is 5.12. The van der Waals surface area contributed by atoms with E-state index in [1.165, 1.54) is 6.33 Å². The number of benzene rings is 1. The summed E-state index contributed by atoms with van der Waals surface area (Å²) >= 11 is 0. The molecule has 0 spiro atoms. The van der Waals surface area contributed by atoms with Crippen LogP contribution in [0.2, 0.25) is 0 Å². The number of carbonyl (C=O) groups is 1. The molecule has 0 saturated carbocycles. The largest absolute Gasteiger partial charge is 0.491 e. The van der Waals surface area contributed by atoms with Crippen molar-refractivity contribution in [1.29, 1.82) is 0 Å². The average molecular weight is 403 g/mol. The van der Waals surface area contributed by atoms with E-state index in [0.717, 1.165) is 22.6 Å². The maximum Gasteiger partial charge on any atom is 0.226 e. The number of aromatic nitrogens is 6. The van der Waals surface area contributed by atoms with Gasteiger partial charge in [0, 0.05) is 17.9 Å². The van der Waals surface area contributed by atoms with Crippen molar-refractivity contribution in [3.63, 3.8) is 0 Å². The highest BCUT2D eigenvalue weighted by Gasteiger charge is 2.33. The van der Waals surface area contributed by atoms with Gasteiger partial charge in [-0.1, -0.05) is 12.1 Å². The maximum atomic E-state index is 12.6. The van der Waals surface area contributed by atoms with Crippen LogP contribution < -0.4 is 10.1 Å². The minimum atomic E-state index is -0.0887. The molecule has 4 heterocycles. The zero-order valence-electron chi connectivity index (χ0n) is 16.9. The molecule has 0 radical (unpaired) electrons. The highest BCUT2D eigenvalue weighted by Crippen LogP contribution is 2.40. The van der Waals surface area contributed by atoms with Gasteiger partial charge in [0.2, 0.25) is 5.91 Å². The summed E-state index contributed by atoms with van der Waals surface area (Å²) in [5.74, 6) is 1.90. The fourth-order valence-electron chi connectivity index (χ4n) is 3.88. The van der Waals surface area contributed by atoms with E-state index in [-0.39, 0.29) is 17.9 Å². The lowest BCUT2D eigenvalue weighted by Gasteiger charge is -2.24. The lowest BCUT2D eigenvalue weighted by molar-refractivity contribution is -0.116. The smallest absolute Gasteiger partial charge is 0.226 e. The van der Waals surface area contributed by atoms with Gasteiger partial charge in [0.15, 0.2) is 11.5 Å². The predicted octanol–water partition coefficient (Wildman–Crippen LogP) is 2.88. The zero-order chi connectivity index (χ0) is 20.8. The number of carbonyl (C=O) groups excluding carboxylic acids is 1. The van der Waals surface area contributed by atoms with Crippen LogP contribution in [0.3, 0.4) is 0 Å². The number of hydrogen-bond acceptors (Lipinski definition) is 6. The zero-order valence-corrected chi connectivity index (χ0v) is 16.9. The van der Waals surface area contributed by atoms with Crippen LogP contribution in [0.4, 0.5) is 5.82 Å². The molecule has 1 aromatic carbocycles. The molecule has 1 amide bonds. The standard InChI is InChI=1S/C21H21N7O2/c1-12(2)30-15-6-4-14(5-7-15)16-10-19(29)23-21-20(16)13(3)25-28(21)18-9-8-17-24-22-11-27(17)26-18/h4-9,11-12,16H,10H2,1-3H3,(H,23,29)/t16-/m1/s1. The van der Waals surface area contributed by atoms with Gasteiger partial charge < -0.3 is 10.1 Å². The van der Waals surface area contributed by atoms with E-state index in [0.29, 0.717) is 23.7 Å². The van der Waals surface area contributed by atoms with Gasteiger partial charge in [-0.15, -0.1) is 15.3 Å². The Hall–Kier alpha value is -3.75. The van der Waals surface area contributed by atoms with Gasteiger partial charge >= 0.3 is 0 Å². The number of anilines is 1. The summed E-state index contributed by atoms with van der Waals surface area (Å²) in [6.45, 7) is 5.94. The summed E-state index contributed by atoms with van der Waals surface area (Å²) < 4.78 is 8.99. The Balaban J connectivity index is 1.57. The molecule has 0 fully saturated rings. The van der Waals surface area contributed by atoms with Crippen LogP contribution in [0.1, 0.15) is 43.0 Å². The van der Waals surface area contributed by atoms with E-state index in [9.17, 15) is 4.79 Å². The maximum absolute atomic E-state index is 12.6. The Morgan fingerprint density at radius 3 is 2.70 bits per heavy atom. The van der Waals surface area contributed by atoms with Gasteiger partial charge in [0.25, 0.3) is 0 Å². The summed E-state index contributed by atoms with van der Waals surface area (Å²) in [4.78, 5) is 12.6. The SMILES string of the molecule is Cc1nn(-c2ccc3nncn3n2)c2c1[C@@H](c1ccc(OC(C)C)cc1)CC(=O)N2. The van der Waals surface area contributed by atoms with E-state index < -0.39 is 0 Å². The first kappa shape index (κ1) is 18.3. The summed E-state index contributed by atoms with van der Waals surface area (Å²) in [5, 5.41) is 20.0. The normalized spacial score (nSPS) is 16.0. The molecular weight excluding hydrogens is 382 g/mol. The van der Waals surface area contributed by atoms with Crippen LogP contribution in [0.25, 0.3) is 11.5 Å². The summed E-state index contributed by atoms with van der Waals surface area (Å²) in [6, 6.07) is 11.6. The Morgan fingerprint density at radius 2 is 1.93 bits per heavy atom. The number of ether oxygens (including phenoxy) is 1. The van der Waals surface area contributed by atoms with Crippen LogP contribution in [-0.2, 0) is 4.79 Å². The lowest BCUT2D eigenvalue weighted by Crippen LogP contribution is -2.25. The van der Waals surface area contributed by atoms with Gasteiger partial charge in [0.05, 0.1) is 11.8 Å². The van der Waals surface area contributed by atoms with Crippen LogP contribution >= 0.6 is 0 Å². The molecule has 30 heavy (non-hydrogen) atoms. The number of hydrogen-bond donors (Lipinski definition) is 1. The molecular formula is C21H21N7O2. The molecule has 5 rings (SSSR count). The van der Waals surface area contributed by atoms with E-state index >= 15 is 0 Å². The van der Waals surface area contributed by atoms with Crippen LogP contribution in [0.5, 0.6) is 5.75 Å². The van der Waals surface area contributed by atoms with Crippen molar-refractivity contribution in [3.8, 4) is 11.6 Å². The Morgan fingerprint density at radius 1 is 1.13 bits per heavy atom. The van der Waals surface area contributed by atoms with E-state index in [1.807, 2.05) is 57.2 Å². The lowest BCUT2D eigenvalue weighted by atomic mass is 9.86. The fourth-order valence-corrected chi connectivity index (χ4v) is 3.88. The molecule has 0 bridgehead atoms. The Kier molecular flexibility index (Phi) is 4.23. The van der Waals surface area contributed by atoms with Crippen molar-refractivity contribution in [2.75, 3.05) is 5.32 Å². The monoisotopic (exact) mass is 403 g/mol. The molecule has 9 heteroatoms. The average Bonchev–Trinajstić information content (AvgIpc) is 3.31. The topological polar surface area (TPSA) is 99.2 Å². The number of nitrogens with one attached hydrogen (secondary N) is 1. The van der Waals surface area contributed by atoms with Crippen LogP contribution in [-0.4, -0.2) is 41.6 Å². The minimum absolute atomic E-state index is 0.0541. The molecule has 1 aliphatic heterocycles.